The molecule has 6 heteroatoms. The van der Waals surface area contributed by atoms with Crippen molar-refractivity contribution in [2.24, 2.45) is 5.10 Å². The van der Waals surface area contributed by atoms with E-state index in [0.717, 1.165) is 33.5 Å². The second-order valence-corrected chi connectivity index (χ2v) is 6.20. The summed E-state index contributed by atoms with van der Waals surface area (Å²) in [5.74, 6) is 1.46. The highest BCUT2D eigenvalue weighted by Gasteiger charge is 2.06. The fourth-order valence-electron chi connectivity index (χ4n) is 2.38. The van der Waals surface area contributed by atoms with Crippen LogP contribution in [0.2, 0.25) is 0 Å². The number of hydrogen-bond donors (Lipinski definition) is 1. The molecule has 0 bridgehead atoms. The standard InChI is InChI=1S/C20H21N3O2S/c1-3-24-18-11-10-15(12-19(18)25-4-2)13-21-23-20-22-17(14-26-20)16-8-6-5-7-9-16/h5-14H,3-4H2,1-2H3,(H,22,23)/b21-13+. The smallest absolute Gasteiger partial charge is 0.203 e. The lowest BCUT2D eigenvalue weighted by Gasteiger charge is -2.11. The van der Waals surface area contributed by atoms with E-state index in [1.54, 1.807) is 6.21 Å². The maximum absolute atomic E-state index is 5.63. The molecule has 0 aliphatic carbocycles. The van der Waals surface area contributed by atoms with Crippen LogP contribution in [0.1, 0.15) is 19.4 Å². The average molecular weight is 367 g/mol. The molecule has 5 nitrogen and oxygen atoms in total. The maximum atomic E-state index is 5.63. The predicted octanol–water partition coefficient (Wildman–Crippen LogP) is 5.05. The zero-order chi connectivity index (χ0) is 18.2. The zero-order valence-corrected chi connectivity index (χ0v) is 15.6. The summed E-state index contributed by atoms with van der Waals surface area (Å²) >= 11 is 1.52. The summed E-state index contributed by atoms with van der Waals surface area (Å²) in [5.41, 5.74) is 5.93. The number of hydrogen-bond acceptors (Lipinski definition) is 6. The SMILES string of the molecule is CCOc1ccc(/C=N/Nc2nc(-c3ccccc3)cs2)cc1OCC. The summed E-state index contributed by atoms with van der Waals surface area (Å²) in [7, 11) is 0. The molecule has 26 heavy (non-hydrogen) atoms. The number of benzene rings is 2. The number of aromatic nitrogens is 1. The summed E-state index contributed by atoms with van der Waals surface area (Å²) in [6.45, 7) is 5.08. The van der Waals surface area contributed by atoms with Gasteiger partial charge in [0.1, 0.15) is 0 Å². The quantitative estimate of drug-likeness (QED) is 0.447. The molecule has 0 aliphatic heterocycles. The van der Waals surface area contributed by atoms with Gasteiger partial charge >= 0.3 is 0 Å². The first kappa shape index (κ1) is 17.9. The highest BCUT2D eigenvalue weighted by Crippen LogP contribution is 2.28. The number of nitrogens with zero attached hydrogens (tertiary/aromatic N) is 2. The van der Waals surface area contributed by atoms with E-state index in [2.05, 4.69) is 15.5 Å². The minimum absolute atomic E-state index is 0.584. The Kier molecular flexibility index (Phi) is 6.22. The lowest BCUT2D eigenvalue weighted by Crippen LogP contribution is -1.99. The molecule has 0 radical (unpaired) electrons. The molecular weight excluding hydrogens is 346 g/mol. The molecule has 3 rings (SSSR count). The Hall–Kier alpha value is -2.86. The minimum atomic E-state index is 0.584. The van der Waals surface area contributed by atoms with Crippen LogP contribution in [0.15, 0.2) is 59.0 Å². The molecule has 1 aromatic heterocycles. The Labute approximate surface area is 157 Å². The molecule has 3 aromatic rings. The second kappa shape index (κ2) is 9.01. The molecule has 0 unspecified atom stereocenters. The Bertz CT molecular complexity index is 863. The third kappa shape index (κ3) is 4.61. The first-order chi connectivity index (χ1) is 12.8. The van der Waals surface area contributed by atoms with Crippen molar-refractivity contribution in [1.29, 1.82) is 0 Å². The summed E-state index contributed by atoms with van der Waals surface area (Å²) in [4.78, 5) is 4.55. The van der Waals surface area contributed by atoms with Gasteiger partial charge in [-0.05, 0) is 37.6 Å². The van der Waals surface area contributed by atoms with Crippen LogP contribution in [0.3, 0.4) is 0 Å². The second-order valence-electron chi connectivity index (χ2n) is 5.35. The molecule has 0 atom stereocenters. The average Bonchev–Trinajstić information content (AvgIpc) is 3.14. The molecule has 2 aromatic carbocycles. The molecule has 134 valence electrons. The fraction of sp³-hybridized carbons (Fsp3) is 0.200. The van der Waals surface area contributed by atoms with Crippen molar-refractivity contribution in [3.05, 3.63) is 59.5 Å². The molecule has 0 aliphatic rings. The minimum Gasteiger partial charge on any atom is -0.490 e. The topological polar surface area (TPSA) is 55.7 Å². The van der Waals surface area contributed by atoms with Gasteiger partial charge in [0.05, 0.1) is 25.1 Å². The number of nitrogens with one attached hydrogen (secondary N) is 1. The van der Waals surface area contributed by atoms with Crippen LogP contribution < -0.4 is 14.9 Å². The lowest BCUT2D eigenvalue weighted by molar-refractivity contribution is 0.288. The van der Waals surface area contributed by atoms with Gasteiger partial charge in [0, 0.05) is 10.9 Å². The first-order valence-electron chi connectivity index (χ1n) is 8.49. The Morgan fingerprint density at radius 3 is 2.58 bits per heavy atom. The van der Waals surface area contributed by atoms with Gasteiger partial charge in [-0.25, -0.2) is 4.98 Å². The van der Waals surface area contributed by atoms with Gasteiger partial charge in [0.2, 0.25) is 5.13 Å². The van der Waals surface area contributed by atoms with Gasteiger partial charge < -0.3 is 9.47 Å². The number of hydrazone groups is 1. The normalized spacial score (nSPS) is 10.8. The van der Waals surface area contributed by atoms with E-state index in [0.29, 0.717) is 13.2 Å². The van der Waals surface area contributed by atoms with Crippen LogP contribution in [-0.2, 0) is 0 Å². The summed E-state index contributed by atoms with van der Waals surface area (Å²) < 4.78 is 11.2. The van der Waals surface area contributed by atoms with E-state index in [-0.39, 0.29) is 0 Å². The highest BCUT2D eigenvalue weighted by atomic mass is 32.1. The van der Waals surface area contributed by atoms with Crippen LogP contribution in [-0.4, -0.2) is 24.4 Å². The van der Waals surface area contributed by atoms with Gasteiger partial charge in [-0.3, -0.25) is 5.43 Å². The van der Waals surface area contributed by atoms with Crippen molar-refractivity contribution in [1.82, 2.24) is 4.98 Å². The lowest BCUT2D eigenvalue weighted by atomic mass is 10.2. The van der Waals surface area contributed by atoms with Crippen molar-refractivity contribution in [3.8, 4) is 22.8 Å². The van der Waals surface area contributed by atoms with Crippen molar-refractivity contribution < 1.29 is 9.47 Å². The summed E-state index contributed by atoms with van der Waals surface area (Å²) in [6, 6.07) is 15.8. The molecular formula is C20H21N3O2S. The van der Waals surface area contributed by atoms with E-state index in [4.69, 9.17) is 9.47 Å². The third-order valence-corrected chi connectivity index (χ3v) is 4.26. The van der Waals surface area contributed by atoms with Crippen molar-refractivity contribution >= 4 is 22.7 Å². The van der Waals surface area contributed by atoms with Crippen LogP contribution in [0.5, 0.6) is 11.5 Å². The molecule has 0 spiro atoms. The largest absolute Gasteiger partial charge is 0.490 e. The zero-order valence-electron chi connectivity index (χ0n) is 14.8. The first-order valence-corrected chi connectivity index (χ1v) is 9.37. The van der Waals surface area contributed by atoms with Crippen molar-refractivity contribution in [3.63, 3.8) is 0 Å². The predicted molar refractivity (Wildman–Crippen MR) is 108 cm³/mol. The summed E-state index contributed by atoms with van der Waals surface area (Å²) in [5, 5.41) is 7.03. The van der Waals surface area contributed by atoms with Crippen LogP contribution >= 0.6 is 11.3 Å². The van der Waals surface area contributed by atoms with Gasteiger partial charge in [-0.15, -0.1) is 11.3 Å². The Balaban J connectivity index is 1.67. The van der Waals surface area contributed by atoms with E-state index in [1.165, 1.54) is 11.3 Å². The van der Waals surface area contributed by atoms with Crippen LogP contribution in [0, 0.1) is 0 Å². The van der Waals surface area contributed by atoms with E-state index >= 15 is 0 Å². The van der Waals surface area contributed by atoms with E-state index < -0.39 is 0 Å². The fourth-order valence-corrected chi connectivity index (χ4v) is 3.05. The number of rotatable bonds is 8. The Morgan fingerprint density at radius 1 is 1.04 bits per heavy atom. The number of anilines is 1. The van der Waals surface area contributed by atoms with Gasteiger partial charge in [0.15, 0.2) is 11.5 Å². The third-order valence-electron chi connectivity index (χ3n) is 3.52. The monoisotopic (exact) mass is 367 g/mol. The molecule has 0 saturated heterocycles. The van der Waals surface area contributed by atoms with Crippen LogP contribution in [0.25, 0.3) is 11.3 Å². The molecule has 1 heterocycles. The number of thiazole rings is 1. The van der Waals surface area contributed by atoms with Gasteiger partial charge in [-0.1, -0.05) is 30.3 Å². The molecule has 0 saturated carbocycles. The van der Waals surface area contributed by atoms with Crippen LogP contribution in [0.4, 0.5) is 5.13 Å². The Morgan fingerprint density at radius 2 is 1.81 bits per heavy atom. The summed E-state index contributed by atoms with van der Waals surface area (Å²) in [6.07, 6.45) is 1.74. The van der Waals surface area contributed by atoms with E-state index in [9.17, 15) is 0 Å². The molecule has 0 fully saturated rings. The van der Waals surface area contributed by atoms with Gasteiger partial charge in [-0.2, -0.15) is 5.10 Å². The number of ether oxygens (including phenoxy) is 2. The van der Waals surface area contributed by atoms with Crippen molar-refractivity contribution in [2.45, 2.75) is 13.8 Å². The molecule has 1 N–H and O–H groups in total. The molecule has 0 amide bonds. The van der Waals surface area contributed by atoms with Gasteiger partial charge in [0.25, 0.3) is 0 Å². The maximum Gasteiger partial charge on any atom is 0.203 e. The van der Waals surface area contributed by atoms with Crippen molar-refractivity contribution in [2.75, 3.05) is 18.6 Å². The highest BCUT2D eigenvalue weighted by molar-refractivity contribution is 7.14. The van der Waals surface area contributed by atoms with E-state index in [1.807, 2.05) is 67.8 Å².